The summed E-state index contributed by atoms with van der Waals surface area (Å²) in [6.07, 6.45) is -0.0147. The molecule has 4 heterocycles. The van der Waals surface area contributed by atoms with Crippen molar-refractivity contribution >= 4 is 39.7 Å². The number of carboxylic acids is 2. The monoisotopic (exact) mass is 620 g/mol. The van der Waals surface area contributed by atoms with Crippen LogP contribution in [0.25, 0.3) is 38.8 Å². The van der Waals surface area contributed by atoms with E-state index in [1.54, 1.807) is 13.2 Å². The third-order valence-electron chi connectivity index (χ3n) is 7.21. The van der Waals surface area contributed by atoms with E-state index in [1.165, 1.54) is 21.3 Å². The van der Waals surface area contributed by atoms with Crippen LogP contribution in [0.2, 0.25) is 0 Å². The predicted octanol–water partition coefficient (Wildman–Crippen LogP) is 4.08. The number of nitrogens with zero attached hydrogens (tertiary/aromatic N) is 5. The number of aliphatic carboxylic acids is 2. The van der Waals surface area contributed by atoms with Crippen LogP contribution in [-0.2, 0) is 22.8 Å². The van der Waals surface area contributed by atoms with Crippen LogP contribution < -0.4 is 15.9 Å². The fourth-order valence-electron chi connectivity index (χ4n) is 5.02. The standard InChI is InChI=1S/C27H23F3N6O.C4H4O4/c1-34-23-16-32-22-7-5-17(18-6-8-24(33-15-18)35-11-9-31-10-12-35)13-21(22)25(23)36(26(34)37)20-4-2-3-19(14-20)27(28,29)30;5-3(6)1-2-4(7)8/h2-8,13-16,31H,9-12H2,1H3;1-2H,(H,5,6)(H,7,8). The maximum atomic E-state index is 13.4. The molecule has 6 rings (SSSR count). The Hall–Kier alpha value is -5.50. The Balaban J connectivity index is 0.000000444. The van der Waals surface area contributed by atoms with Crippen molar-refractivity contribution in [2.45, 2.75) is 6.18 Å². The van der Waals surface area contributed by atoms with E-state index in [9.17, 15) is 27.6 Å². The van der Waals surface area contributed by atoms with Crippen LogP contribution in [0, 0.1) is 0 Å². The average molecular weight is 621 g/mol. The first-order chi connectivity index (χ1) is 21.4. The molecule has 1 saturated heterocycles. The summed E-state index contributed by atoms with van der Waals surface area (Å²) in [5, 5.41) is 19.6. The Bertz CT molecular complexity index is 1960. The lowest BCUT2D eigenvalue weighted by atomic mass is 10.0. The molecule has 0 atom stereocenters. The van der Waals surface area contributed by atoms with Gasteiger partial charge in [-0.05, 0) is 48.0 Å². The van der Waals surface area contributed by atoms with Gasteiger partial charge in [0.05, 0.1) is 34.0 Å². The van der Waals surface area contributed by atoms with Crippen LogP contribution in [-0.4, -0.2) is 67.4 Å². The number of carbonyl (C=O) groups is 2. The molecule has 3 N–H and O–H groups in total. The summed E-state index contributed by atoms with van der Waals surface area (Å²) in [5.74, 6) is -1.60. The number of rotatable bonds is 5. The second kappa shape index (κ2) is 12.6. The van der Waals surface area contributed by atoms with Crippen LogP contribution in [0.4, 0.5) is 19.0 Å². The van der Waals surface area contributed by atoms with Crippen LogP contribution in [0.5, 0.6) is 0 Å². The minimum absolute atomic E-state index is 0.144. The van der Waals surface area contributed by atoms with Crippen molar-refractivity contribution < 1.29 is 33.0 Å². The molecular weight excluding hydrogens is 593 g/mol. The Labute approximate surface area is 253 Å². The minimum atomic E-state index is -4.52. The minimum Gasteiger partial charge on any atom is -0.478 e. The van der Waals surface area contributed by atoms with Gasteiger partial charge in [-0.2, -0.15) is 13.2 Å². The lowest BCUT2D eigenvalue weighted by Crippen LogP contribution is -2.43. The van der Waals surface area contributed by atoms with Crippen molar-refractivity contribution in [3.05, 3.63) is 95.2 Å². The smallest absolute Gasteiger partial charge is 0.416 e. The molecule has 2 aromatic carbocycles. The van der Waals surface area contributed by atoms with E-state index < -0.39 is 29.4 Å². The Kier molecular flexibility index (Phi) is 8.68. The number of carboxylic acid groups (broad SMARTS) is 2. The van der Waals surface area contributed by atoms with Gasteiger partial charge in [0.15, 0.2) is 0 Å². The van der Waals surface area contributed by atoms with Gasteiger partial charge >= 0.3 is 23.8 Å². The highest BCUT2D eigenvalue weighted by Gasteiger charge is 2.31. The topological polar surface area (TPSA) is 143 Å². The van der Waals surface area contributed by atoms with Gasteiger partial charge in [-0.3, -0.25) is 14.1 Å². The maximum absolute atomic E-state index is 13.4. The lowest BCUT2D eigenvalue weighted by molar-refractivity contribution is -0.137. The first kappa shape index (κ1) is 30.9. The number of halogens is 3. The van der Waals surface area contributed by atoms with Crippen LogP contribution in [0.1, 0.15) is 5.56 Å². The summed E-state index contributed by atoms with van der Waals surface area (Å²) < 4.78 is 43.0. The van der Waals surface area contributed by atoms with E-state index in [-0.39, 0.29) is 5.69 Å². The molecule has 0 radical (unpaired) electrons. The SMILES string of the molecule is Cn1c(=O)n(-c2cccc(C(F)(F)F)c2)c2c3cc(-c4ccc(N5CCNCC5)nc4)ccc3ncc21.O=C(O)C=CC(=O)O. The highest BCUT2D eigenvalue weighted by Crippen LogP contribution is 2.33. The molecular formula is C31H27F3N6O5. The highest BCUT2D eigenvalue weighted by molar-refractivity contribution is 6.04. The molecule has 1 aliphatic rings. The number of anilines is 1. The molecule has 232 valence electrons. The Morgan fingerprint density at radius 3 is 2.22 bits per heavy atom. The number of piperazine rings is 1. The molecule has 3 aromatic heterocycles. The van der Waals surface area contributed by atoms with Crippen LogP contribution in [0.3, 0.4) is 0 Å². The number of alkyl halides is 3. The van der Waals surface area contributed by atoms with Gasteiger partial charge < -0.3 is 20.4 Å². The van der Waals surface area contributed by atoms with Crippen molar-refractivity contribution in [3.8, 4) is 16.8 Å². The molecule has 0 unspecified atom stereocenters. The lowest BCUT2D eigenvalue weighted by Gasteiger charge is -2.28. The second-order valence-electron chi connectivity index (χ2n) is 10.1. The molecule has 1 fully saturated rings. The van der Waals surface area contributed by atoms with E-state index in [1.807, 2.05) is 36.5 Å². The molecule has 14 heteroatoms. The highest BCUT2D eigenvalue weighted by atomic mass is 19.4. The summed E-state index contributed by atoms with van der Waals surface area (Å²) in [6.45, 7) is 3.63. The number of hydrogen-bond acceptors (Lipinski definition) is 7. The molecule has 11 nitrogen and oxygen atoms in total. The fraction of sp³-hybridized carbons (Fsp3) is 0.194. The molecule has 0 bridgehead atoms. The summed E-state index contributed by atoms with van der Waals surface area (Å²) in [4.78, 5) is 43.7. The van der Waals surface area contributed by atoms with E-state index in [0.717, 1.165) is 55.3 Å². The number of hydrogen-bond donors (Lipinski definition) is 3. The Morgan fingerprint density at radius 2 is 1.60 bits per heavy atom. The van der Waals surface area contributed by atoms with Gasteiger partial charge in [0.2, 0.25) is 0 Å². The van der Waals surface area contributed by atoms with Crippen LogP contribution in [0.15, 0.2) is 83.9 Å². The maximum Gasteiger partial charge on any atom is 0.416 e. The molecule has 0 saturated carbocycles. The van der Waals surface area contributed by atoms with Crippen molar-refractivity contribution in [2.75, 3.05) is 31.1 Å². The summed E-state index contributed by atoms with van der Waals surface area (Å²) >= 11 is 0. The number of imidazole rings is 1. The molecule has 1 aliphatic heterocycles. The zero-order valence-electron chi connectivity index (χ0n) is 23.8. The van der Waals surface area contributed by atoms with E-state index >= 15 is 0 Å². The van der Waals surface area contributed by atoms with E-state index in [0.29, 0.717) is 34.1 Å². The van der Waals surface area contributed by atoms with Gasteiger partial charge in [-0.1, -0.05) is 12.1 Å². The number of nitrogens with one attached hydrogen (secondary N) is 1. The predicted molar refractivity (Wildman–Crippen MR) is 162 cm³/mol. The first-order valence-electron chi connectivity index (χ1n) is 13.7. The van der Waals surface area contributed by atoms with Gasteiger partial charge in [-0.25, -0.2) is 19.4 Å². The third kappa shape index (κ3) is 6.70. The number of aromatic nitrogens is 4. The summed E-state index contributed by atoms with van der Waals surface area (Å²) in [5.41, 5.74) is 2.30. The molecule has 5 aromatic rings. The second-order valence-corrected chi connectivity index (χ2v) is 10.1. The zero-order valence-corrected chi connectivity index (χ0v) is 23.8. The van der Waals surface area contributed by atoms with Crippen molar-refractivity contribution in [1.29, 1.82) is 0 Å². The van der Waals surface area contributed by atoms with Crippen molar-refractivity contribution in [3.63, 3.8) is 0 Å². The number of benzene rings is 2. The van der Waals surface area contributed by atoms with Gasteiger partial charge in [0.1, 0.15) is 5.82 Å². The molecule has 0 aliphatic carbocycles. The normalized spacial score (nSPS) is 13.6. The van der Waals surface area contributed by atoms with Crippen molar-refractivity contribution in [2.24, 2.45) is 7.05 Å². The number of aryl methyl sites for hydroxylation is 1. The van der Waals surface area contributed by atoms with E-state index in [2.05, 4.69) is 20.2 Å². The average Bonchev–Trinajstić information content (AvgIpc) is 3.30. The summed E-state index contributed by atoms with van der Waals surface area (Å²) in [6, 6.07) is 14.5. The number of fused-ring (bicyclic) bond motifs is 3. The largest absolute Gasteiger partial charge is 0.478 e. The number of pyridine rings is 2. The summed E-state index contributed by atoms with van der Waals surface area (Å²) in [7, 11) is 1.59. The van der Waals surface area contributed by atoms with Gasteiger partial charge in [0.25, 0.3) is 0 Å². The van der Waals surface area contributed by atoms with E-state index in [4.69, 9.17) is 10.2 Å². The van der Waals surface area contributed by atoms with Crippen molar-refractivity contribution in [1.82, 2.24) is 24.4 Å². The fourth-order valence-corrected chi connectivity index (χ4v) is 5.02. The molecule has 0 spiro atoms. The van der Waals surface area contributed by atoms with Gasteiger partial charge in [0, 0.05) is 62.5 Å². The Morgan fingerprint density at radius 1 is 0.911 bits per heavy atom. The first-order valence-corrected chi connectivity index (χ1v) is 13.7. The van der Waals surface area contributed by atoms with Gasteiger partial charge in [-0.15, -0.1) is 0 Å². The quantitative estimate of drug-likeness (QED) is 0.248. The third-order valence-corrected chi connectivity index (χ3v) is 7.21. The molecule has 0 amide bonds. The molecule has 45 heavy (non-hydrogen) atoms. The zero-order chi connectivity index (χ0) is 32.3. The van der Waals surface area contributed by atoms with Crippen LogP contribution >= 0.6 is 0 Å².